The first-order chi connectivity index (χ1) is 13.9. The Hall–Kier alpha value is -2.74. The number of amides is 2. The van der Waals surface area contributed by atoms with Gasteiger partial charge in [0.1, 0.15) is 11.5 Å². The van der Waals surface area contributed by atoms with E-state index in [1.54, 1.807) is 42.3 Å². The first-order valence-corrected chi connectivity index (χ1v) is 11.2. The minimum absolute atomic E-state index is 0.105. The van der Waals surface area contributed by atoms with E-state index in [-0.39, 0.29) is 17.5 Å². The van der Waals surface area contributed by atoms with Gasteiger partial charge in [-0.2, -0.15) is 8.42 Å². The van der Waals surface area contributed by atoms with Gasteiger partial charge in [0.15, 0.2) is 0 Å². The Morgan fingerprint density at radius 2 is 1.93 bits per heavy atom. The van der Waals surface area contributed by atoms with E-state index < -0.39 is 10.1 Å². The molecule has 2 aromatic carbocycles. The molecule has 1 fully saturated rings. The molecular weight excluding hydrogens is 392 g/mol. The van der Waals surface area contributed by atoms with E-state index >= 15 is 0 Å². The molecule has 0 bridgehead atoms. The molecule has 3 rings (SSSR count). The molecule has 29 heavy (non-hydrogen) atoms. The van der Waals surface area contributed by atoms with Crippen LogP contribution in [-0.2, 0) is 16.7 Å². The monoisotopic (exact) mass is 418 g/mol. The molecule has 0 aromatic heterocycles. The van der Waals surface area contributed by atoms with Crippen molar-refractivity contribution in [3.63, 3.8) is 0 Å². The molecule has 1 saturated carbocycles. The van der Waals surface area contributed by atoms with Crippen molar-refractivity contribution in [2.24, 2.45) is 5.92 Å². The van der Waals surface area contributed by atoms with Gasteiger partial charge in [0.2, 0.25) is 0 Å². The number of nitrogens with one attached hydrogen (secondary N) is 1. The molecular formula is C21H26N2O5S. The van der Waals surface area contributed by atoms with E-state index in [9.17, 15) is 13.2 Å². The first-order valence-electron chi connectivity index (χ1n) is 9.60. The number of hydrogen-bond donors (Lipinski definition) is 1. The van der Waals surface area contributed by atoms with Gasteiger partial charge in [-0.3, -0.25) is 0 Å². The van der Waals surface area contributed by atoms with Gasteiger partial charge in [-0.15, -0.1) is 0 Å². The number of nitrogens with zero attached hydrogens (tertiary/aromatic N) is 1. The summed E-state index contributed by atoms with van der Waals surface area (Å²) in [5, 5.41) is 2.91. The molecule has 0 atom stereocenters. The second kappa shape index (κ2) is 9.17. The van der Waals surface area contributed by atoms with Crippen LogP contribution < -0.4 is 14.2 Å². The molecule has 0 heterocycles. The topological polar surface area (TPSA) is 84.9 Å². The predicted molar refractivity (Wildman–Crippen MR) is 112 cm³/mol. The number of carbonyl (C=O) groups is 1. The molecule has 0 saturated heterocycles. The Kier molecular flexibility index (Phi) is 6.64. The lowest BCUT2D eigenvalue weighted by molar-refractivity contribution is 0.206. The molecule has 0 radical (unpaired) electrons. The van der Waals surface area contributed by atoms with E-state index in [2.05, 4.69) is 5.32 Å². The fraction of sp³-hybridized carbons (Fsp3) is 0.381. The van der Waals surface area contributed by atoms with Crippen LogP contribution in [0.25, 0.3) is 0 Å². The van der Waals surface area contributed by atoms with Gasteiger partial charge in [0.25, 0.3) is 0 Å². The predicted octanol–water partition coefficient (Wildman–Crippen LogP) is 3.87. The van der Waals surface area contributed by atoms with Gasteiger partial charge in [-0.1, -0.05) is 24.3 Å². The van der Waals surface area contributed by atoms with Gasteiger partial charge in [-0.05, 0) is 55.5 Å². The van der Waals surface area contributed by atoms with Crippen molar-refractivity contribution in [2.75, 3.05) is 24.7 Å². The number of rotatable bonds is 9. The van der Waals surface area contributed by atoms with Crippen LogP contribution in [0.5, 0.6) is 11.5 Å². The number of anilines is 1. The van der Waals surface area contributed by atoms with Gasteiger partial charge in [-0.25, -0.2) is 4.79 Å². The van der Waals surface area contributed by atoms with Crippen LogP contribution in [0.1, 0.15) is 25.3 Å². The molecule has 7 nitrogen and oxygen atoms in total. The lowest BCUT2D eigenvalue weighted by Gasteiger charge is -2.24. The van der Waals surface area contributed by atoms with Crippen LogP contribution in [0.3, 0.4) is 0 Å². The summed E-state index contributed by atoms with van der Waals surface area (Å²) < 4.78 is 33.8. The zero-order chi connectivity index (χ0) is 20.9. The van der Waals surface area contributed by atoms with Crippen molar-refractivity contribution in [1.82, 2.24) is 4.90 Å². The van der Waals surface area contributed by atoms with Gasteiger partial charge < -0.3 is 19.1 Å². The molecule has 2 aromatic rings. The van der Waals surface area contributed by atoms with Crippen molar-refractivity contribution in [3.05, 3.63) is 54.1 Å². The van der Waals surface area contributed by atoms with Crippen molar-refractivity contribution in [1.29, 1.82) is 0 Å². The number of methoxy groups -OCH3 is 1. The SMILES string of the molecule is CCS(=O)(=O)Oc1cccc(CN(CC2CC2)C(=O)Nc2ccccc2OC)c1. The molecule has 0 aliphatic heterocycles. The molecule has 0 spiro atoms. The average molecular weight is 419 g/mol. The van der Waals surface area contributed by atoms with Crippen molar-refractivity contribution < 1.29 is 22.1 Å². The largest absolute Gasteiger partial charge is 0.495 e. The van der Waals surface area contributed by atoms with Crippen LogP contribution in [0.15, 0.2) is 48.5 Å². The van der Waals surface area contributed by atoms with Crippen LogP contribution in [0.2, 0.25) is 0 Å². The van der Waals surface area contributed by atoms with E-state index in [1.807, 2.05) is 18.2 Å². The first kappa shape index (κ1) is 21.0. The van der Waals surface area contributed by atoms with Gasteiger partial charge in [0, 0.05) is 13.1 Å². The number of benzene rings is 2. The summed E-state index contributed by atoms with van der Waals surface area (Å²) in [6, 6.07) is 13.8. The number of ether oxygens (including phenoxy) is 1. The van der Waals surface area contributed by atoms with Crippen molar-refractivity contribution in [2.45, 2.75) is 26.3 Å². The minimum Gasteiger partial charge on any atom is -0.495 e. The van der Waals surface area contributed by atoms with E-state index in [4.69, 9.17) is 8.92 Å². The summed E-state index contributed by atoms with van der Waals surface area (Å²) in [6.07, 6.45) is 2.21. The summed E-state index contributed by atoms with van der Waals surface area (Å²) in [5.74, 6) is 1.23. The molecule has 1 aliphatic rings. The third-order valence-corrected chi connectivity index (χ3v) is 5.81. The van der Waals surface area contributed by atoms with Crippen LogP contribution in [0, 0.1) is 5.92 Å². The Balaban J connectivity index is 1.74. The van der Waals surface area contributed by atoms with Crippen LogP contribution in [0.4, 0.5) is 10.5 Å². The fourth-order valence-electron chi connectivity index (χ4n) is 2.90. The van der Waals surface area contributed by atoms with E-state index in [1.165, 1.54) is 6.92 Å². The van der Waals surface area contributed by atoms with E-state index in [0.717, 1.165) is 18.4 Å². The number of para-hydroxylation sites is 2. The lowest BCUT2D eigenvalue weighted by atomic mass is 10.2. The van der Waals surface area contributed by atoms with E-state index in [0.29, 0.717) is 30.4 Å². The third-order valence-electron chi connectivity index (χ3n) is 4.66. The maximum Gasteiger partial charge on any atom is 0.322 e. The average Bonchev–Trinajstić information content (AvgIpc) is 3.52. The van der Waals surface area contributed by atoms with Gasteiger partial charge >= 0.3 is 16.1 Å². The van der Waals surface area contributed by atoms with Crippen molar-refractivity contribution in [3.8, 4) is 11.5 Å². The number of carbonyl (C=O) groups excluding carboxylic acids is 1. The van der Waals surface area contributed by atoms with Crippen LogP contribution >= 0.6 is 0 Å². The summed E-state index contributed by atoms with van der Waals surface area (Å²) >= 11 is 0. The molecule has 2 amide bonds. The van der Waals surface area contributed by atoms with Crippen molar-refractivity contribution >= 4 is 21.8 Å². The molecule has 1 aliphatic carbocycles. The molecule has 1 N–H and O–H groups in total. The summed E-state index contributed by atoms with van der Waals surface area (Å²) in [7, 11) is -2.04. The molecule has 156 valence electrons. The number of urea groups is 1. The second-order valence-electron chi connectivity index (χ2n) is 7.03. The summed E-state index contributed by atoms with van der Waals surface area (Å²) in [4.78, 5) is 14.7. The fourth-order valence-corrected chi connectivity index (χ4v) is 3.41. The highest BCUT2D eigenvalue weighted by atomic mass is 32.2. The highest BCUT2D eigenvalue weighted by molar-refractivity contribution is 7.87. The van der Waals surface area contributed by atoms with Crippen LogP contribution in [-0.4, -0.2) is 38.8 Å². The summed E-state index contributed by atoms with van der Waals surface area (Å²) in [5.41, 5.74) is 1.40. The normalized spacial score (nSPS) is 13.6. The summed E-state index contributed by atoms with van der Waals surface area (Å²) in [6.45, 7) is 2.51. The quantitative estimate of drug-likeness (QED) is 0.625. The molecule has 0 unspecified atom stereocenters. The maximum atomic E-state index is 12.9. The Labute approximate surface area is 171 Å². The highest BCUT2D eigenvalue weighted by Crippen LogP contribution is 2.31. The Morgan fingerprint density at radius 1 is 1.17 bits per heavy atom. The Bertz CT molecular complexity index is 957. The minimum atomic E-state index is -3.60. The highest BCUT2D eigenvalue weighted by Gasteiger charge is 2.27. The standard InChI is InChI=1S/C21H26N2O5S/c1-3-29(25,26)28-18-8-6-7-17(13-18)15-23(14-16-11-12-16)21(24)22-19-9-4-5-10-20(19)27-2/h4-10,13,16H,3,11-12,14-15H2,1-2H3,(H,22,24). The van der Waals surface area contributed by atoms with Gasteiger partial charge in [0.05, 0.1) is 18.6 Å². The lowest BCUT2D eigenvalue weighted by Crippen LogP contribution is -2.36. The number of hydrogen-bond acceptors (Lipinski definition) is 5. The second-order valence-corrected chi connectivity index (χ2v) is 8.89. The third kappa shape index (κ3) is 6.12. The smallest absolute Gasteiger partial charge is 0.322 e. The Morgan fingerprint density at radius 3 is 2.62 bits per heavy atom. The zero-order valence-corrected chi connectivity index (χ0v) is 17.4. The maximum absolute atomic E-state index is 12.9. The molecule has 8 heteroatoms. The zero-order valence-electron chi connectivity index (χ0n) is 16.6.